The molecule has 0 aliphatic heterocycles. The molecule has 0 bridgehead atoms. The van der Waals surface area contributed by atoms with Crippen LogP contribution in [-0.2, 0) is 6.61 Å². The number of benzene rings is 2. The number of carbonyl (C=O) groups excluding carboxylic acids is 1. The van der Waals surface area contributed by atoms with E-state index in [2.05, 4.69) is 0 Å². The van der Waals surface area contributed by atoms with Crippen LogP contribution in [0.4, 0.5) is 0 Å². The minimum Gasteiger partial charge on any atom is -0.503 e. The molecule has 0 fully saturated rings. The van der Waals surface area contributed by atoms with Crippen molar-refractivity contribution in [3.63, 3.8) is 0 Å². The third kappa shape index (κ3) is 3.59. The fourth-order valence-corrected chi connectivity index (χ4v) is 3.23. The van der Waals surface area contributed by atoms with E-state index in [4.69, 9.17) is 4.74 Å². The smallest absolute Gasteiger partial charge is 0.240 e. The molecule has 0 aliphatic rings. The van der Waals surface area contributed by atoms with E-state index in [1.54, 1.807) is 69.3 Å². The second kappa shape index (κ2) is 7.64. The molecule has 0 aliphatic carbocycles. The summed E-state index contributed by atoms with van der Waals surface area (Å²) in [5.41, 5.74) is 1.38. The molecule has 152 valence electrons. The highest BCUT2D eigenvalue weighted by Gasteiger charge is 2.35. The quantitative estimate of drug-likeness (QED) is 0.561. The normalized spacial score (nSPS) is 11.5. The summed E-state index contributed by atoms with van der Waals surface area (Å²) >= 11 is 0. The third-order valence-electron chi connectivity index (χ3n) is 4.77. The lowest BCUT2D eigenvalue weighted by Gasteiger charge is -2.19. The number of methoxy groups -OCH3 is 1. The first-order chi connectivity index (χ1) is 13.7. The number of aliphatic hydroxyl groups is 1. The molecule has 3 aromatic rings. The van der Waals surface area contributed by atoms with Crippen molar-refractivity contribution in [2.75, 3.05) is 7.11 Å². The molecule has 0 atom stereocenters. The summed E-state index contributed by atoms with van der Waals surface area (Å²) in [4.78, 5) is 13.2. The minimum atomic E-state index is -0.784. The van der Waals surface area contributed by atoms with Crippen molar-refractivity contribution in [2.45, 2.75) is 27.4 Å². The van der Waals surface area contributed by atoms with Gasteiger partial charge in [0.2, 0.25) is 5.88 Å². The topological polar surface area (TPSA) is 91.9 Å². The van der Waals surface area contributed by atoms with Crippen molar-refractivity contribution in [3.8, 4) is 34.3 Å². The molecule has 6 nitrogen and oxygen atoms in total. The van der Waals surface area contributed by atoms with Crippen LogP contribution in [0, 0.1) is 5.41 Å². The monoisotopic (exact) mass is 395 g/mol. The fraction of sp³-hybridized carbons (Fsp3) is 0.261. The predicted molar refractivity (Wildman–Crippen MR) is 111 cm³/mol. The van der Waals surface area contributed by atoms with Crippen LogP contribution in [-0.4, -0.2) is 32.8 Å². The van der Waals surface area contributed by atoms with Crippen molar-refractivity contribution in [1.82, 2.24) is 4.57 Å². The van der Waals surface area contributed by atoms with Gasteiger partial charge in [0.1, 0.15) is 5.75 Å². The fourth-order valence-electron chi connectivity index (χ4n) is 3.23. The van der Waals surface area contributed by atoms with Crippen molar-refractivity contribution in [1.29, 1.82) is 0 Å². The summed E-state index contributed by atoms with van der Waals surface area (Å²) < 4.78 is 6.90. The summed E-state index contributed by atoms with van der Waals surface area (Å²) in [7, 11) is 1.52. The Labute approximate surface area is 169 Å². The number of aromatic nitrogens is 1. The van der Waals surface area contributed by atoms with E-state index in [0.717, 1.165) is 0 Å². The molecule has 1 heterocycles. The molecule has 29 heavy (non-hydrogen) atoms. The first-order valence-corrected chi connectivity index (χ1v) is 9.25. The van der Waals surface area contributed by atoms with E-state index in [9.17, 15) is 20.1 Å². The first kappa shape index (κ1) is 20.5. The maximum atomic E-state index is 13.2. The summed E-state index contributed by atoms with van der Waals surface area (Å²) in [6.45, 7) is 5.15. The maximum absolute atomic E-state index is 13.2. The molecular weight excluding hydrogens is 370 g/mol. The number of ketones is 1. The van der Waals surface area contributed by atoms with Gasteiger partial charge in [0, 0.05) is 16.7 Å². The van der Waals surface area contributed by atoms with Gasteiger partial charge in [-0.05, 0) is 29.8 Å². The SMILES string of the molecule is COc1ccccc1-c1c(C(=O)C(C)(C)C)c(O)c(O)n1-c1ccc(CO)cc1. The van der Waals surface area contributed by atoms with Crippen LogP contribution in [0.2, 0.25) is 0 Å². The van der Waals surface area contributed by atoms with E-state index in [-0.39, 0.29) is 18.0 Å². The van der Waals surface area contributed by atoms with E-state index in [1.807, 2.05) is 0 Å². The summed E-state index contributed by atoms with van der Waals surface area (Å²) in [6.07, 6.45) is 0. The zero-order valence-electron chi connectivity index (χ0n) is 16.9. The number of Topliss-reactive ketones (excluding diaryl/α,β-unsaturated/α-hetero) is 1. The van der Waals surface area contributed by atoms with Crippen molar-refractivity contribution < 1.29 is 24.9 Å². The minimum absolute atomic E-state index is 0.0331. The van der Waals surface area contributed by atoms with Crippen LogP contribution in [0.15, 0.2) is 48.5 Å². The lowest BCUT2D eigenvalue weighted by molar-refractivity contribution is 0.0856. The molecule has 0 saturated carbocycles. The van der Waals surface area contributed by atoms with Crippen LogP contribution >= 0.6 is 0 Å². The molecule has 0 saturated heterocycles. The predicted octanol–water partition coefficient (Wildman–Crippen LogP) is 4.29. The Kier molecular flexibility index (Phi) is 5.40. The van der Waals surface area contributed by atoms with Crippen LogP contribution in [0.3, 0.4) is 0 Å². The Morgan fingerprint density at radius 1 is 1.03 bits per heavy atom. The molecule has 0 radical (unpaired) electrons. The van der Waals surface area contributed by atoms with E-state index in [0.29, 0.717) is 28.3 Å². The maximum Gasteiger partial charge on any atom is 0.240 e. The summed E-state index contributed by atoms with van der Waals surface area (Å²) in [5.74, 6) is -0.717. The average molecular weight is 395 g/mol. The number of aromatic hydroxyl groups is 2. The highest BCUT2D eigenvalue weighted by atomic mass is 16.5. The van der Waals surface area contributed by atoms with Crippen molar-refractivity contribution >= 4 is 5.78 Å². The number of rotatable bonds is 5. The van der Waals surface area contributed by atoms with Gasteiger partial charge >= 0.3 is 0 Å². The standard InChI is InChI=1S/C23H25NO5/c1-23(2,3)21(27)18-19(16-7-5-6-8-17(16)29-4)24(22(28)20(18)26)15-11-9-14(13-25)10-12-15/h5-12,25-26,28H,13H2,1-4H3. The van der Waals surface area contributed by atoms with Crippen LogP contribution in [0.25, 0.3) is 16.9 Å². The molecule has 6 heteroatoms. The molecule has 3 N–H and O–H groups in total. The Morgan fingerprint density at radius 2 is 1.66 bits per heavy atom. The van der Waals surface area contributed by atoms with Gasteiger partial charge in [0.15, 0.2) is 11.5 Å². The lowest BCUT2D eigenvalue weighted by Crippen LogP contribution is -2.21. The van der Waals surface area contributed by atoms with Gasteiger partial charge in [0.05, 0.1) is 25.0 Å². The van der Waals surface area contributed by atoms with Crippen molar-refractivity contribution in [3.05, 3.63) is 59.7 Å². The van der Waals surface area contributed by atoms with Gasteiger partial charge in [-0.25, -0.2) is 0 Å². The van der Waals surface area contributed by atoms with Crippen molar-refractivity contribution in [2.24, 2.45) is 5.41 Å². The van der Waals surface area contributed by atoms with Gasteiger partial charge < -0.3 is 20.1 Å². The van der Waals surface area contributed by atoms with Crippen LogP contribution < -0.4 is 4.74 Å². The molecule has 1 aromatic heterocycles. The van der Waals surface area contributed by atoms with Crippen LogP contribution in [0.1, 0.15) is 36.7 Å². The molecule has 2 aromatic carbocycles. The zero-order valence-corrected chi connectivity index (χ0v) is 16.9. The number of ether oxygens (including phenoxy) is 1. The number of nitrogens with zero attached hydrogens (tertiary/aromatic N) is 1. The van der Waals surface area contributed by atoms with E-state index >= 15 is 0 Å². The van der Waals surface area contributed by atoms with Gasteiger partial charge in [-0.15, -0.1) is 0 Å². The van der Waals surface area contributed by atoms with E-state index in [1.165, 1.54) is 11.7 Å². The first-order valence-electron chi connectivity index (χ1n) is 9.25. The number of carbonyl (C=O) groups is 1. The highest BCUT2D eigenvalue weighted by molar-refractivity contribution is 6.08. The Hall–Kier alpha value is -3.25. The van der Waals surface area contributed by atoms with E-state index < -0.39 is 17.0 Å². The molecule has 0 spiro atoms. The van der Waals surface area contributed by atoms with Crippen LogP contribution in [0.5, 0.6) is 17.4 Å². The second-order valence-electron chi connectivity index (χ2n) is 7.84. The Balaban J connectivity index is 2.41. The Bertz CT molecular complexity index is 1040. The molecule has 0 unspecified atom stereocenters. The number of para-hydroxylation sites is 1. The molecular formula is C23H25NO5. The molecule has 0 amide bonds. The number of hydrogen-bond acceptors (Lipinski definition) is 5. The lowest BCUT2D eigenvalue weighted by atomic mass is 9.85. The third-order valence-corrected chi connectivity index (χ3v) is 4.77. The number of aliphatic hydroxyl groups excluding tert-OH is 1. The summed E-state index contributed by atoms with van der Waals surface area (Å²) in [5, 5.41) is 30.8. The zero-order chi connectivity index (χ0) is 21.3. The van der Waals surface area contributed by atoms with Gasteiger partial charge in [0.25, 0.3) is 0 Å². The second-order valence-corrected chi connectivity index (χ2v) is 7.84. The highest BCUT2D eigenvalue weighted by Crippen LogP contribution is 2.47. The molecule has 3 rings (SSSR count). The largest absolute Gasteiger partial charge is 0.503 e. The number of hydrogen-bond donors (Lipinski definition) is 3. The average Bonchev–Trinajstić information content (AvgIpc) is 2.97. The van der Waals surface area contributed by atoms with Gasteiger partial charge in [-0.1, -0.05) is 45.0 Å². The van der Waals surface area contributed by atoms with Gasteiger partial charge in [-0.3, -0.25) is 9.36 Å². The van der Waals surface area contributed by atoms with Gasteiger partial charge in [-0.2, -0.15) is 0 Å². The Morgan fingerprint density at radius 3 is 2.21 bits per heavy atom. The summed E-state index contributed by atoms with van der Waals surface area (Å²) in [6, 6.07) is 13.9.